The van der Waals surface area contributed by atoms with E-state index in [1.165, 1.54) is 0 Å². The van der Waals surface area contributed by atoms with Crippen LogP contribution in [-0.4, -0.2) is 35.2 Å². The van der Waals surface area contributed by atoms with Gasteiger partial charge in [0.15, 0.2) is 11.3 Å². The fourth-order valence-corrected chi connectivity index (χ4v) is 5.82. The van der Waals surface area contributed by atoms with Gasteiger partial charge in [-0.3, -0.25) is 0 Å². The summed E-state index contributed by atoms with van der Waals surface area (Å²) < 4.78 is 15.2. The minimum absolute atomic E-state index is 0.351. The largest absolute Gasteiger partial charge is 0.493 e. The highest BCUT2D eigenvalue weighted by atomic mass is 16.6. The topological polar surface area (TPSA) is 56.6 Å². The molecule has 1 aliphatic rings. The lowest BCUT2D eigenvalue weighted by Crippen LogP contribution is -2.31. The fraction of sp³-hybridized carbons (Fsp3) is 0.375. The number of aryl methyl sites for hydroxylation is 1. The third kappa shape index (κ3) is 4.03. The zero-order valence-electron chi connectivity index (χ0n) is 23.1. The fourth-order valence-electron chi connectivity index (χ4n) is 5.82. The van der Waals surface area contributed by atoms with E-state index in [1.807, 2.05) is 24.3 Å². The highest BCUT2D eigenvalue weighted by Crippen LogP contribution is 2.53. The Morgan fingerprint density at radius 2 is 1.79 bits per heavy atom. The number of fused-ring (bicyclic) bond motifs is 2. The molecule has 4 aromatic rings. The first-order valence-electron chi connectivity index (χ1n) is 13.7. The Bertz CT molecular complexity index is 1470. The molecule has 0 spiro atoms. The van der Waals surface area contributed by atoms with Crippen LogP contribution in [0.4, 0.5) is 5.69 Å². The molecule has 0 fully saturated rings. The summed E-state index contributed by atoms with van der Waals surface area (Å²) >= 11 is 0. The van der Waals surface area contributed by atoms with Crippen molar-refractivity contribution in [2.24, 2.45) is 7.05 Å². The second kappa shape index (κ2) is 10.5. The van der Waals surface area contributed by atoms with Gasteiger partial charge in [0.2, 0.25) is 0 Å². The molecule has 0 aliphatic carbocycles. The van der Waals surface area contributed by atoms with Crippen molar-refractivity contribution in [1.29, 1.82) is 0 Å². The molecule has 1 aliphatic heterocycles. The summed E-state index contributed by atoms with van der Waals surface area (Å²) in [5.41, 5.74) is 4.88. The molecule has 38 heavy (non-hydrogen) atoms. The normalized spacial score (nSPS) is 16.5. The van der Waals surface area contributed by atoms with Gasteiger partial charge in [-0.05, 0) is 51.5 Å². The second-order valence-corrected chi connectivity index (χ2v) is 9.92. The number of anilines is 1. The number of ether oxygens (including phenoxy) is 2. The zero-order valence-corrected chi connectivity index (χ0v) is 23.1. The Labute approximate surface area is 225 Å². The maximum absolute atomic E-state index is 13.4. The summed E-state index contributed by atoms with van der Waals surface area (Å²) in [7, 11) is 2.06. The molecule has 6 heteroatoms. The first kappa shape index (κ1) is 25.8. The Morgan fingerprint density at radius 1 is 1.00 bits per heavy atom. The quantitative estimate of drug-likeness (QED) is 0.174. The predicted octanol–water partition coefficient (Wildman–Crippen LogP) is 6.76. The van der Waals surface area contributed by atoms with Crippen molar-refractivity contribution in [3.8, 4) is 5.75 Å². The number of pyridine rings is 1. The first-order chi connectivity index (χ1) is 18.5. The number of cyclic esters (lactones) is 1. The molecule has 2 aromatic heterocycles. The summed E-state index contributed by atoms with van der Waals surface area (Å²) in [6.45, 7) is 11.0. The van der Waals surface area contributed by atoms with Gasteiger partial charge < -0.3 is 18.9 Å². The molecule has 0 bridgehead atoms. The number of esters is 1. The summed E-state index contributed by atoms with van der Waals surface area (Å²) in [5, 5.41) is 1.04. The van der Waals surface area contributed by atoms with Crippen LogP contribution in [0.5, 0.6) is 5.75 Å². The lowest BCUT2D eigenvalue weighted by Gasteiger charge is -2.33. The number of hydrogen-bond donors (Lipinski definition) is 0. The maximum Gasteiger partial charge on any atom is 0.358 e. The summed E-state index contributed by atoms with van der Waals surface area (Å²) in [6.07, 6.45) is 4.83. The van der Waals surface area contributed by atoms with E-state index in [4.69, 9.17) is 9.47 Å². The molecule has 1 unspecified atom stereocenters. The van der Waals surface area contributed by atoms with E-state index in [-0.39, 0.29) is 0 Å². The molecule has 1 atom stereocenters. The number of hydrogen-bond acceptors (Lipinski definition) is 5. The number of nitrogens with zero attached hydrogens (tertiary/aromatic N) is 3. The third-order valence-corrected chi connectivity index (χ3v) is 7.86. The number of rotatable bonds is 10. The van der Waals surface area contributed by atoms with Gasteiger partial charge in [-0.25, -0.2) is 9.78 Å². The van der Waals surface area contributed by atoms with E-state index in [2.05, 4.69) is 79.5 Å². The van der Waals surface area contributed by atoms with Crippen molar-refractivity contribution < 1.29 is 14.3 Å². The average molecular weight is 512 g/mol. The Hall–Kier alpha value is -3.80. The van der Waals surface area contributed by atoms with E-state index in [9.17, 15) is 4.79 Å². The number of aromatic nitrogens is 2. The summed E-state index contributed by atoms with van der Waals surface area (Å²) in [6, 6.07) is 18.4. The minimum Gasteiger partial charge on any atom is -0.493 e. The molecular formula is C32H37N3O3. The summed E-state index contributed by atoms with van der Waals surface area (Å²) in [5.74, 6) is 0.319. The van der Waals surface area contributed by atoms with Crippen LogP contribution in [0.1, 0.15) is 72.9 Å². The number of unbranched alkanes of at least 4 members (excludes halogenated alkanes) is 2. The van der Waals surface area contributed by atoms with Crippen LogP contribution in [0, 0.1) is 6.92 Å². The lowest BCUT2D eigenvalue weighted by molar-refractivity contribution is 0.0243. The Morgan fingerprint density at radius 3 is 2.55 bits per heavy atom. The van der Waals surface area contributed by atoms with Crippen LogP contribution in [-0.2, 0) is 17.4 Å². The molecular weight excluding hydrogens is 474 g/mol. The van der Waals surface area contributed by atoms with Crippen molar-refractivity contribution in [1.82, 2.24) is 9.55 Å². The van der Waals surface area contributed by atoms with Gasteiger partial charge in [0, 0.05) is 71.4 Å². The summed E-state index contributed by atoms with van der Waals surface area (Å²) in [4.78, 5) is 20.2. The molecule has 198 valence electrons. The third-order valence-electron chi connectivity index (χ3n) is 7.86. The van der Waals surface area contributed by atoms with Gasteiger partial charge in [-0.15, -0.1) is 0 Å². The van der Waals surface area contributed by atoms with Crippen molar-refractivity contribution in [2.75, 3.05) is 24.6 Å². The number of benzene rings is 2. The Kier molecular flexibility index (Phi) is 7.15. The van der Waals surface area contributed by atoms with E-state index >= 15 is 0 Å². The molecule has 2 aromatic carbocycles. The molecule has 5 rings (SSSR count). The maximum atomic E-state index is 13.4. The number of para-hydroxylation sites is 1. The SMILES string of the molecule is CCCCCOc1cc(N(CC)CC)ccc1C1(c2c(C)n(C)c3ccccc23)OC(=O)c2ncccc21. The monoisotopic (exact) mass is 511 g/mol. The van der Waals surface area contributed by atoms with Gasteiger partial charge in [0.05, 0.1) is 6.61 Å². The number of carbonyl (C=O) groups excluding carboxylic acids is 1. The van der Waals surface area contributed by atoms with Crippen molar-refractivity contribution in [3.05, 3.63) is 88.9 Å². The van der Waals surface area contributed by atoms with Gasteiger partial charge in [-0.1, -0.05) is 44.0 Å². The van der Waals surface area contributed by atoms with Crippen LogP contribution < -0.4 is 9.64 Å². The predicted molar refractivity (Wildman–Crippen MR) is 152 cm³/mol. The van der Waals surface area contributed by atoms with Gasteiger partial charge >= 0.3 is 5.97 Å². The van der Waals surface area contributed by atoms with Gasteiger partial charge in [0.1, 0.15) is 5.75 Å². The molecule has 0 N–H and O–H groups in total. The lowest BCUT2D eigenvalue weighted by atomic mass is 9.78. The van der Waals surface area contributed by atoms with Crippen LogP contribution in [0.15, 0.2) is 60.8 Å². The molecule has 0 amide bonds. The standard InChI is InChI=1S/C32H37N3O3/c1-6-9-12-20-37-28-21-23(35(7-2)8-3)17-18-25(28)32(26-15-13-19-33-30(26)31(36)38-32)29-22(4)34(5)27-16-11-10-14-24(27)29/h10-11,13-19,21H,6-9,12,20H2,1-5H3. The van der Waals surface area contributed by atoms with Crippen LogP contribution in [0.3, 0.4) is 0 Å². The molecule has 3 heterocycles. The van der Waals surface area contributed by atoms with Crippen LogP contribution in [0.25, 0.3) is 10.9 Å². The van der Waals surface area contributed by atoms with Crippen molar-refractivity contribution in [3.63, 3.8) is 0 Å². The number of carbonyl (C=O) groups is 1. The van der Waals surface area contributed by atoms with Gasteiger partial charge in [-0.2, -0.15) is 0 Å². The highest BCUT2D eigenvalue weighted by Gasteiger charge is 2.53. The van der Waals surface area contributed by atoms with Crippen molar-refractivity contribution in [2.45, 2.75) is 52.6 Å². The van der Waals surface area contributed by atoms with E-state index in [1.54, 1.807) is 6.20 Å². The molecule has 0 saturated heterocycles. The minimum atomic E-state index is -1.19. The van der Waals surface area contributed by atoms with E-state index in [0.717, 1.165) is 77.1 Å². The molecule has 0 saturated carbocycles. The molecule has 0 radical (unpaired) electrons. The van der Waals surface area contributed by atoms with E-state index < -0.39 is 11.6 Å². The zero-order chi connectivity index (χ0) is 26.9. The molecule has 6 nitrogen and oxygen atoms in total. The first-order valence-corrected chi connectivity index (χ1v) is 13.7. The van der Waals surface area contributed by atoms with Gasteiger partial charge in [0.25, 0.3) is 0 Å². The van der Waals surface area contributed by atoms with E-state index in [0.29, 0.717) is 12.3 Å². The van der Waals surface area contributed by atoms with Crippen LogP contribution in [0.2, 0.25) is 0 Å². The van der Waals surface area contributed by atoms with Crippen LogP contribution >= 0.6 is 0 Å². The average Bonchev–Trinajstić information content (AvgIpc) is 3.38. The van der Waals surface area contributed by atoms with Crippen molar-refractivity contribution >= 4 is 22.6 Å². The highest BCUT2D eigenvalue weighted by molar-refractivity contribution is 5.97. The smallest absolute Gasteiger partial charge is 0.358 e. The second-order valence-electron chi connectivity index (χ2n) is 9.92. The Balaban J connectivity index is 1.82.